The van der Waals surface area contributed by atoms with Crippen LogP contribution in [-0.4, -0.2) is 0 Å². The second-order valence-corrected chi connectivity index (χ2v) is 5.27. The van der Waals surface area contributed by atoms with Crippen LogP contribution in [-0.2, 0) is 6.42 Å². The molecule has 90 valence electrons. The molecule has 0 spiro atoms. The fourth-order valence-corrected chi connectivity index (χ4v) is 2.78. The van der Waals surface area contributed by atoms with Crippen LogP contribution in [0.3, 0.4) is 0 Å². The van der Waals surface area contributed by atoms with Crippen molar-refractivity contribution in [3.63, 3.8) is 0 Å². The number of fused-ring (bicyclic) bond motifs is 1. The van der Waals surface area contributed by atoms with E-state index in [1.807, 2.05) is 0 Å². The molecule has 1 aliphatic rings. The quantitative estimate of drug-likeness (QED) is 0.749. The van der Waals surface area contributed by atoms with Crippen LogP contribution in [0.4, 0.5) is 0 Å². The predicted molar refractivity (Wildman–Crippen MR) is 77.7 cm³/mol. The summed E-state index contributed by atoms with van der Waals surface area (Å²) >= 11 is 0. The summed E-state index contributed by atoms with van der Waals surface area (Å²) in [5, 5.41) is 2.90. The number of hydrogen-bond acceptors (Lipinski definition) is 0. The minimum atomic E-state index is 1.08. The third kappa shape index (κ3) is 1.99. The van der Waals surface area contributed by atoms with Gasteiger partial charge in [0, 0.05) is 0 Å². The van der Waals surface area contributed by atoms with Gasteiger partial charge in [-0.25, -0.2) is 0 Å². The largest absolute Gasteiger partial charge is 0.0616 e. The number of hydrogen-bond donors (Lipinski definition) is 0. The SMILES string of the molecule is CC1=c2ccccc2=C(Cc2ccc(C)cc2)C1. The minimum absolute atomic E-state index is 1.08. The van der Waals surface area contributed by atoms with Crippen LogP contribution in [0.2, 0.25) is 0 Å². The summed E-state index contributed by atoms with van der Waals surface area (Å²) in [6.07, 6.45) is 2.21. The van der Waals surface area contributed by atoms with E-state index >= 15 is 0 Å². The number of rotatable bonds is 2. The van der Waals surface area contributed by atoms with Crippen molar-refractivity contribution in [1.82, 2.24) is 0 Å². The standard InChI is InChI=1S/C18H18/c1-13-7-9-15(10-8-13)12-16-11-14(2)17-5-3-4-6-18(16)17/h3-10H,11-12H2,1-2H3. The Morgan fingerprint density at radius 1 is 0.833 bits per heavy atom. The molecule has 0 heteroatoms. The minimum Gasteiger partial charge on any atom is -0.0616 e. The maximum Gasteiger partial charge on any atom is -0.00546 e. The first-order valence-corrected chi connectivity index (χ1v) is 6.56. The molecule has 1 aliphatic carbocycles. The van der Waals surface area contributed by atoms with Crippen LogP contribution in [0.25, 0.3) is 11.1 Å². The topological polar surface area (TPSA) is 0 Å². The van der Waals surface area contributed by atoms with Gasteiger partial charge in [-0.05, 0) is 42.7 Å². The highest BCUT2D eigenvalue weighted by molar-refractivity contribution is 5.67. The first kappa shape index (κ1) is 11.3. The van der Waals surface area contributed by atoms with Gasteiger partial charge in [-0.15, -0.1) is 0 Å². The Labute approximate surface area is 108 Å². The molecule has 2 aromatic rings. The van der Waals surface area contributed by atoms with Crippen molar-refractivity contribution in [1.29, 1.82) is 0 Å². The van der Waals surface area contributed by atoms with Crippen LogP contribution >= 0.6 is 0 Å². The maximum atomic E-state index is 2.26. The first-order chi connectivity index (χ1) is 8.74. The summed E-state index contributed by atoms with van der Waals surface area (Å²) in [5.74, 6) is 0. The molecule has 0 atom stereocenters. The van der Waals surface area contributed by atoms with Crippen molar-refractivity contribution in [2.75, 3.05) is 0 Å². The van der Waals surface area contributed by atoms with Gasteiger partial charge in [0.25, 0.3) is 0 Å². The second-order valence-electron chi connectivity index (χ2n) is 5.27. The first-order valence-electron chi connectivity index (χ1n) is 6.56. The lowest BCUT2D eigenvalue weighted by atomic mass is 10.0. The van der Waals surface area contributed by atoms with E-state index in [0.29, 0.717) is 0 Å². The molecule has 0 saturated carbocycles. The average Bonchev–Trinajstić information content (AvgIpc) is 2.70. The molecule has 0 N–H and O–H groups in total. The number of benzene rings is 2. The Morgan fingerprint density at radius 3 is 2.22 bits per heavy atom. The molecule has 0 amide bonds. The van der Waals surface area contributed by atoms with E-state index in [0.717, 1.165) is 12.8 Å². The van der Waals surface area contributed by atoms with E-state index in [-0.39, 0.29) is 0 Å². The van der Waals surface area contributed by atoms with E-state index in [4.69, 9.17) is 0 Å². The smallest absolute Gasteiger partial charge is 0.00546 e. The highest BCUT2D eigenvalue weighted by Gasteiger charge is 2.10. The monoisotopic (exact) mass is 234 g/mol. The fraction of sp³-hybridized carbons (Fsp3) is 0.222. The summed E-state index contributed by atoms with van der Waals surface area (Å²) in [7, 11) is 0. The molecule has 0 nitrogen and oxygen atoms in total. The molecule has 0 fully saturated rings. The van der Waals surface area contributed by atoms with Crippen molar-refractivity contribution in [3.05, 3.63) is 70.1 Å². The van der Waals surface area contributed by atoms with Gasteiger partial charge >= 0.3 is 0 Å². The van der Waals surface area contributed by atoms with Crippen LogP contribution in [0.15, 0.2) is 48.5 Å². The van der Waals surface area contributed by atoms with Gasteiger partial charge in [0.05, 0.1) is 0 Å². The Balaban J connectivity index is 2.03. The van der Waals surface area contributed by atoms with Gasteiger partial charge in [0.2, 0.25) is 0 Å². The summed E-state index contributed by atoms with van der Waals surface area (Å²) in [6.45, 7) is 4.39. The molecule has 0 aromatic heterocycles. The summed E-state index contributed by atoms with van der Waals surface area (Å²) in [6, 6.07) is 17.7. The Kier molecular flexibility index (Phi) is 2.79. The maximum absolute atomic E-state index is 2.26. The van der Waals surface area contributed by atoms with Gasteiger partial charge in [0.15, 0.2) is 0 Å². The summed E-state index contributed by atoms with van der Waals surface area (Å²) < 4.78 is 0. The molecule has 0 aliphatic heterocycles. The molecule has 0 heterocycles. The molecule has 0 saturated heterocycles. The molecule has 2 aromatic carbocycles. The van der Waals surface area contributed by atoms with Crippen LogP contribution in [0.1, 0.15) is 24.5 Å². The van der Waals surface area contributed by atoms with Gasteiger partial charge in [0.1, 0.15) is 0 Å². The second kappa shape index (κ2) is 4.45. The van der Waals surface area contributed by atoms with E-state index in [2.05, 4.69) is 62.4 Å². The zero-order chi connectivity index (χ0) is 12.5. The molecule has 0 unspecified atom stereocenters. The van der Waals surface area contributed by atoms with Gasteiger partial charge in [-0.1, -0.05) is 65.2 Å². The van der Waals surface area contributed by atoms with Crippen LogP contribution < -0.4 is 10.4 Å². The zero-order valence-electron chi connectivity index (χ0n) is 11.0. The van der Waals surface area contributed by atoms with Crippen molar-refractivity contribution in [3.8, 4) is 0 Å². The van der Waals surface area contributed by atoms with Crippen molar-refractivity contribution in [2.24, 2.45) is 0 Å². The molecular formula is C18H18. The van der Waals surface area contributed by atoms with Crippen LogP contribution in [0, 0.1) is 6.92 Å². The lowest BCUT2D eigenvalue weighted by molar-refractivity contribution is 1.20. The third-order valence-electron chi connectivity index (χ3n) is 3.78. The Morgan fingerprint density at radius 2 is 1.50 bits per heavy atom. The van der Waals surface area contributed by atoms with Gasteiger partial charge in [-0.3, -0.25) is 0 Å². The van der Waals surface area contributed by atoms with E-state index in [1.54, 1.807) is 5.57 Å². The fourth-order valence-electron chi connectivity index (χ4n) is 2.78. The lowest BCUT2D eigenvalue weighted by Crippen LogP contribution is -2.23. The highest BCUT2D eigenvalue weighted by atomic mass is 14.1. The highest BCUT2D eigenvalue weighted by Crippen LogP contribution is 2.19. The van der Waals surface area contributed by atoms with E-state index in [1.165, 1.54) is 27.1 Å². The normalized spacial score (nSPS) is 13.9. The third-order valence-corrected chi connectivity index (χ3v) is 3.78. The number of aryl methyl sites for hydroxylation is 1. The summed E-state index contributed by atoms with van der Waals surface area (Å²) in [4.78, 5) is 0. The molecule has 0 radical (unpaired) electrons. The molecule has 18 heavy (non-hydrogen) atoms. The molecule has 3 rings (SSSR count). The molecular weight excluding hydrogens is 216 g/mol. The van der Waals surface area contributed by atoms with E-state index < -0.39 is 0 Å². The van der Waals surface area contributed by atoms with Crippen molar-refractivity contribution in [2.45, 2.75) is 26.7 Å². The van der Waals surface area contributed by atoms with Gasteiger partial charge in [-0.2, -0.15) is 0 Å². The summed E-state index contributed by atoms with van der Waals surface area (Å²) in [5.41, 5.74) is 5.82. The van der Waals surface area contributed by atoms with Crippen LogP contribution in [0.5, 0.6) is 0 Å². The Hall–Kier alpha value is -1.82. The van der Waals surface area contributed by atoms with Crippen molar-refractivity contribution < 1.29 is 0 Å². The average molecular weight is 234 g/mol. The Bertz CT molecular complexity index is 688. The van der Waals surface area contributed by atoms with Gasteiger partial charge < -0.3 is 0 Å². The molecule has 0 bridgehead atoms. The van der Waals surface area contributed by atoms with Crippen molar-refractivity contribution >= 4 is 11.1 Å². The predicted octanol–water partition coefficient (Wildman–Crippen LogP) is 2.96. The zero-order valence-corrected chi connectivity index (χ0v) is 11.0. The van der Waals surface area contributed by atoms with E-state index in [9.17, 15) is 0 Å². The lowest BCUT2D eigenvalue weighted by Gasteiger charge is -2.04.